The summed E-state index contributed by atoms with van der Waals surface area (Å²) in [5.74, 6) is 0.738. The van der Waals surface area contributed by atoms with Gasteiger partial charge in [-0.3, -0.25) is 19.9 Å². The maximum absolute atomic E-state index is 4.87. The molecular formula is C24H24N6. The van der Waals surface area contributed by atoms with Crippen LogP contribution < -0.4 is 5.32 Å². The molecule has 1 aliphatic heterocycles. The fourth-order valence-electron chi connectivity index (χ4n) is 4.26. The minimum absolute atomic E-state index is 0.317. The number of anilines is 2. The molecule has 1 fully saturated rings. The van der Waals surface area contributed by atoms with Gasteiger partial charge in [-0.15, -0.1) is 0 Å². The highest BCUT2D eigenvalue weighted by Crippen LogP contribution is 2.34. The summed E-state index contributed by atoms with van der Waals surface area (Å²) in [6, 6.07) is 15.2. The number of hydrogen-bond donors (Lipinski definition) is 1. The van der Waals surface area contributed by atoms with E-state index in [1.807, 2.05) is 25.3 Å². The number of aryl methyl sites for hydroxylation is 1. The molecule has 30 heavy (non-hydrogen) atoms. The first-order valence-electron chi connectivity index (χ1n) is 10.3. The summed E-state index contributed by atoms with van der Waals surface area (Å²) < 4.78 is 0. The third-order valence-corrected chi connectivity index (χ3v) is 5.57. The standard InChI is InChI=1S/C24H24N6/c1-17-12-20(29-24-15-25-9-10-27-24)14-22(28-17)23-5-3-11-30(23)16-18-6-7-21-19(13-18)4-2-8-26-21/h2,4,6-10,12-15,23H,3,5,11,16H2,1H3,(H,27,28,29)/t23-/m0/s1. The van der Waals surface area contributed by atoms with E-state index in [9.17, 15) is 0 Å². The van der Waals surface area contributed by atoms with Gasteiger partial charge >= 0.3 is 0 Å². The number of nitrogens with zero attached hydrogens (tertiary/aromatic N) is 5. The molecule has 4 aromatic rings. The molecular weight excluding hydrogens is 372 g/mol. The van der Waals surface area contributed by atoms with Gasteiger partial charge in [0.2, 0.25) is 0 Å². The zero-order valence-electron chi connectivity index (χ0n) is 17.0. The van der Waals surface area contributed by atoms with Crippen LogP contribution in [0.5, 0.6) is 0 Å². The van der Waals surface area contributed by atoms with E-state index in [0.717, 1.165) is 47.9 Å². The molecule has 0 unspecified atom stereocenters. The second-order valence-corrected chi connectivity index (χ2v) is 7.80. The third-order valence-electron chi connectivity index (χ3n) is 5.57. The van der Waals surface area contributed by atoms with Gasteiger partial charge in [0, 0.05) is 41.9 Å². The van der Waals surface area contributed by atoms with Gasteiger partial charge in [-0.25, -0.2) is 4.98 Å². The molecule has 6 nitrogen and oxygen atoms in total. The van der Waals surface area contributed by atoms with Crippen LogP contribution in [-0.4, -0.2) is 31.4 Å². The molecule has 1 N–H and O–H groups in total. The van der Waals surface area contributed by atoms with Gasteiger partial charge in [-0.1, -0.05) is 12.1 Å². The molecule has 3 aromatic heterocycles. The first-order valence-corrected chi connectivity index (χ1v) is 10.3. The third kappa shape index (κ3) is 4.00. The number of nitrogens with one attached hydrogen (secondary N) is 1. The van der Waals surface area contributed by atoms with E-state index in [-0.39, 0.29) is 0 Å². The predicted molar refractivity (Wildman–Crippen MR) is 118 cm³/mol. The summed E-state index contributed by atoms with van der Waals surface area (Å²) in [7, 11) is 0. The molecule has 0 bridgehead atoms. The Bertz CT molecular complexity index is 1160. The lowest BCUT2D eigenvalue weighted by atomic mass is 10.1. The van der Waals surface area contributed by atoms with E-state index < -0.39 is 0 Å². The molecule has 0 saturated carbocycles. The quantitative estimate of drug-likeness (QED) is 0.522. The van der Waals surface area contributed by atoms with Gasteiger partial charge in [-0.2, -0.15) is 0 Å². The van der Waals surface area contributed by atoms with Crippen LogP contribution in [0.2, 0.25) is 0 Å². The van der Waals surface area contributed by atoms with Gasteiger partial charge in [0.1, 0.15) is 5.82 Å². The number of rotatable bonds is 5. The van der Waals surface area contributed by atoms with Crippen molar-refractivity contribution in [3.8, 4) is 0 Å². The van der Waals surface area contributed by atoms with Crippen molar-refractivity contribution in [2.24, 2.45) is 0 Å². The smallest absolute Gasteiger partial charge is 0.148 e. The van der Waals surface area contributed by atoms with E-state index in [1.165, 1.54) is 17.4 Å². The van der Waals surface area contributed by atoms with Crippen molar-refractivity contribution >= 4 is 22.4 Å². The average molecular weight is 396 g/mol. The zero-order valence-corrected chi connectivity index (χ0v) is 17.0. The van der Waals surface area contributed by atoms with E-state index in [1.54, 1.807) is 18.6 Å². The van der Waals surface area contributed by atoms with Crippen molar-refractivity contribution in [1.82, 2.24) is 24.8 Å². The number of hydrogen-bond acceptors (Lipinski definition) is 6. The van der Waals surface area contributed by atoms with E-state index in [4.69, 9.17) is 4.98 Å². The minimum Gasteiger partial charge on any atom is -0.339 e. The summed E-state index contributed by atoms with van der Waals surface area (Å²) in [6.45, 7) is 4.04. The summed E-state index contributed by atoms with van der Waals surface area (Å²) >= 11 is 0. The first-order chi connectivity index (χ1) is 14.7. The normalized spacial score (nSPS) is 16.8. The van der Waals surface area contributed by atoms with Crippen LogP contribution in [0.25, 0.3) is 10.9 Å². The van der Waals surface area contributed by atoms with Gasteiger partial charge in [0.15, 0.2) is 0 Å². The van der Waals surface area contributed by atoms with Crippen molar-refractivity contribution in [3.05, 3.63) is 84.2 Å². The van der Waals surface area contributed by atoms with Crippen molar-refractivity contribution in [2.45, 2.75) is 32.4 Å². The molecule has 150 valence electrons. The van der Waals surface area contributed by atoms with Crippen LogP contribution in [0.1, 0.15) is 35.8 Å². The van der Waals surface area contributed by atoms with Crippen LogP contribution >= 0.6 is 0 Å². The Hall–Kier alpha value is -3.38. The van der Waals surface area contributed by atoms with Gasteiger partial charge < -0.3 is 5.32 Å². The van der Waals surface area contributed by atoms with Crippen molar-refractivity contribution in [1.29, 1.82) is 0 Å². The van der Waals surface area contributed by atoms with Crippen LogP contribution in [0.15, 0.2) is 67.3 Å². The molecule has 0 amide bonds. The Morgan fingerprint density at radius 3 is 2.93 bits per heavy atom. The molecule has 0 spiro atoms. The summed E-state index contributed by atoms with van der Waals surface area (Å²) in [5, 5.41) is 4.54. The zero-order chi connectivity index (χ0) is 20.3. The molecule has 0 aliphatic carbocycles. The molecule has 1 aromatic carbocycles. The molecule has 1 saturated heterocycles. The van der Waals surface area contributed by atoms with Crippen molar-refractivity contribution in [3.63, 3.8) is 0 Å². The Kier molecular flexibility index (Phi) is 5.07. The van der Waals surface area contributed by atoms with E-state index >= 15 is 0 Å². The highest BCUT2D eigenvalue weighted by Gasteiger charge is 2.27. The highest BCUT2D eigenvalue weighted by molar-refractivity contribution is 5.78. The van der Waals surface area contributed by atoms with Gasteiger partial charge in [-0.05, 0) is 62.2 Å². The molecule has 1 atom stereocenters. The summed E-state index contributed by atoms with van der Waals surface area (Å²) in [4.78, 5) is 20.3. The summed E-state index contributed by atoms with van der Waals surface area (Å²) in [6.07, 6.45) is 9.24. The number of fused-ring (bicyclic) bond motifs is 1. The molecule has 4 heterocycles. The average Bonchev–Trinajstić information content (AvgIpc) is 3.22. The minimum atomic E-state index is 0.317. The Labute approximate surface area is 176 Å². The number of aromatic nitrogens is 4. The topological polar surface area (TPSA) is 66.8 Å². The maximum Gasteiger partial charge on any atom is 0.148 e. The lowest BCUT2D eigenvalue weighted by molar-refractivity contribution is 0.244. The van der Waals surface area contributed by atoms with Crippen molar-refractivity contribution in [2.75, 3.05) is 11.9 Å². The molecule has 1 aliphatic rings. The Morgan fingerprint density at radius 2 is 2.03 bits per heavy atom. The molecule has 5 rings (SSSR count). The monoisotopic (exact) mass is 396 g/mol. The van der Waals surface area contributed by atoms with Crippen LogP contribution in [0.4, 0.5) is 11.5 Å². The lowest BCUT2D eigenvalue weighted by Crippen LogP contribution is -2.23. The lowest BCUT2D eigenvalue weighted by Gasteiger charge is -2.25. The van der Waals surface area contributed by atoms with Crippen molar-refractivity contribution < 1.29 is 0 Å². The Morgan fingerprint density at radius 1 is 1.07 bits per heavy atom. The second-order valence-electron chi connectivity index (χ2n) is 7.80. The van der Waals surface area contributed by atoms with Gasteiger partial charge in [0.05, 0.1) is 23.4 Å². The predicted octanol–water partition coefficient (Wildman–Crippen LogP) is 4.81. The summed E-state index contributed by atoms with van der Waals surface area (Å²) in [5.41, 5.74) is 5.47. The second kappa shape index (κ2) is 8.16. The number of pyridine rings is 2. The van der Waals surface area contributed by atoms with E-state index in [0.29, 0.717) is 6.04 Å². The molecule has 0 radical (unpaired) electrons. The van der Waals surface area contributed by atoms with Crippen LogP contribution in [0.3, 0.4) is 0 Å². The molecule has 6 heteroatoms. The maximum atomic E-state index is 4.87. The first kappa shape index (κ1) is 18.6. The Balaban J connectivity index is 1.38. The van der Waals surface area contributed by atoms with E-state index in [2.05, 4.69) is 55.5 Å². The fourth-order valence-corrected chi connectivity index (χ4v) is 4.26. The number of likely N-dealkylation sites (tertiary alicyclic amines) is 1. The largest absolute Gasteiger partial charge is 0.339 e. The number of benzene rings is 1. The van der Waals surface area contributed by atoms with Crippen LogP contribution in [-0.2, 0) is 6.54 Å². The highest BCUT2D eigenvalue weighted by atomic mass is 15.2. The SMILES string of the molecule is Cc1cc(Nc2cnccn2)cc([C@@H]2CCCN2Cc2ccc3ncccc3c2)n1. The van der Waals surface area contributed by atoms with Crippen LogP contribution in [0, 0.1) is 6.92 Å². The van der Waals surface area contributed by atoms with Gasteiger partial charge in [0.25, 0.3) is 0 Å². The fraction of sp³-hybridized carbons (Fsp3) is 0.250.